The molecule has 0 saturated carbocycles. The minimum atomic E-state index is -0.194. The average Bonchev–Trinajstić information content (AvgIpc) is 2.68. The monoisotopic (exact) mass is 364 g/mol. The molecule has 0 spiro atoms. The van der Waals surface area contributed by atoms with Crippen molar-refractivity contribution in [1.29, 1.82) is 0 Å². The Hall–Kier alpha value is -2.66. The van der Waals surface area contributed by atoms with Crippen molar-refractivity contribution >= 4 is 23.2 Å². The SMILES string of the molecule is CCN1C(=O)CCc2cc(NC(=O)CC3OCCc4ccccc43)ccc21. The molecule has 0 bridgehead atoms. The van der Waals surface area contributed by atoms with Crippen LogP contribution in [0, 0.1) is 0 Å². The number of benzene rings is 2. The van der Waals surface area contributed by atoms with Crippen molar-refractivity contribution in [1.82, 2.24) is 0 Å². The number of hydrogen-bond acceptors (Lipinski definition) is 3. The van der Waals surface area contributed by atoms with Gasteiger partial charge in [0.05, 0.1) is 19.1 Å². The van der Waals surface area contributed by atoms with E-state index in [0.29, 0.717) is 32.4 Å². The maximum Gasteiger partial charge on any atom is 0.227 e. The van der Waals surface area contributed by atoms with Crippen LogP contribution in [-0.2, 0) is 27.2 Å². The molecule has 0 radical (unpaired) electrons. The first-order valence-corrected chi connectivity index (χ1v) is 9.58. The summed E-state index contributed by atoms with van der Waals surface area (Å²) < 4.78 is 5.84. The fourth-order valence-electron chi connectivity index (χ4n) is 4.01. The fourth-order valence-corrected chi connectivity index (χ4v) is 4.01. The van der Waals surface area contributed by atoms with Crippen molar-refractivity contribution in [2.24, 2.45) is 0 Å². The van der Waals surface area contributed by atoms with E-state index in [0.717, 1.165) is 28.9 Å². The van der Waals surface area contributed by atoms with Gasteiger partial charge in [-0.1, -0.05) is 24.3 Å². The van der Waals surface area contributed by atoms with Gasteiger partial charge in [-0.25, -0.2) is 0 Å². The fraction of sp³-hybridized carbons (Fsp3) is 0.364. The number of carbonyl (C=O) groups is 2. The number of nitrogens with zero attached hydrogens (tertiary/aromatic N) is 1. The number of ether oxygens (including phenoxy) is 1. The molecular formula is C22H24N2O3. The molecule has 4 rings (SSSR count). The highest BCUT2D eigenvalue weighted by Crippen LogP contribution is 2.32. The highest BCUT2D eigenvalue weighted by molar-refractivity contribution is 5.97. The molecular weight excluding hydrogens is 340 g/mol. The van der Waals surface area contributed by atoms with Crippen LogP contribution >= 0.6 is 0 Å². The summed E-state index contributed by atoms with van der Waals surface area (Å²) >= 11 is 0. The van der Waals surface area contributed by atoms with Crippen molar-refractivity contribution in [3.8, 4) is 0 Å². The molecule has 5 heteroatoms. The third kappa shape index (κ3) is 3.60. The molecule has 27 heavy (non-hydrogen) atoms. The number of rotatable bonds is 4. The first-order valence-electron chi connectivity index (χ1n) is 9.58. The van der Waals surface area contributed by atoms with Gasteiger partial charge in [0.2, 0.25) is 11.8 Å². The molecule has 0 saturated heterocycles. The lowest BCUT2D eigenvalue weighted by atomic mass is 9.95. The molecule has 2 heterocycles. The molecule has 2 aromatic carbocycles. The van der Waals surface area contributed by atoms with Gasteiger partial charge in [0.15, 0.2) is 0 Å². The molecule has 0 fully saturated rings. The summed E-state index contributed by atoms with van der Waals surface area (Å²) in [5, 5.41) is 2.99. The number of carbonyl (C=O) groups excluding carboxylic acids is 2. The third-order valence-corrected chi connectivity index (χ3v) is 5.34. The van der Waals surface area contributed by atoms with E-state index in [1.165, 1.54) is 5.56 Å². The molecule has 2 aromatic rings. The predicted octanol–water partition coefficient (Wildman–Crippen LogP) is 3.63. The lowest BCUT2D eigenvalue weighted by molar-refractivity contribution is -0.120. The molecule has 1 atom stereocenters. The van der Waals surface area contributed by atoms with Gasteiger partial charge in [0.25, 0.3) is 0 Å². The van der Waals surface area contributed by atoms with E-state index in [1.807, 2.05) is 43.3 Å². The number of hydrogen-bond donors (Lipinski definition) is 1. The van der Waals surface area contributed by atoms with Crippen LogP contribution in [0.25, 0.3) is 0 Å². The normalized spacial score (nSPS) is 18.6. The van der Waals surface area contributed by atoms with E-state index in [9.17, 15) is 9.59 Å². The maximum absolute atomic E-state index is 12.6. The Balaban J connectivity index is 1.46. The summed E-state index contributed by atoms with van der Waals surface area (Å²) in [5.41, 5.74) is 5.21. The zero-order chi connectivity index (χ0) is 18.8. The smallest absolute Gasteiger partial charge is 0.227 e. The topological polar surface area (TPSA) is 58.6 Å². The lowest BCUT2D eigenvalue weighted by Gasteiger charge is -2.29. The number of aryl methyl sites for hydroxylation is 1. The lowest BCUT2D eigenvalue weighted by Crippen LogP contribution is -2.34. The molecule has 140 valence electrons. The summed E-state index contributed by atoms with van der Waals surface area (Å²) in [4.78, 5) is 26.4. The second-order valence-electron chi connectivity index (χ2n) is 7.04. The molecule has 0 aliphatic carbocycles. The molecule has 1 unspecified atom stereocenters. The highest BCUT2D eigenvalue weighted by Gasteiger charge is 2.25. The Labute approximate surface area is 159 Å². The Kier molecular flexibility index (Phi) is 4.94. The number of nitrogens with one attached hydrogen (secondary N) is 1. The van der Waals surface area contributed by atoms with Gasteiger partial charge in [-0.15, -0.1) is 0 Å². The van der Waals surface area contributed by atoms with Gasteiger partial charge in [0.1, 0.15) is 0 Å². The van der Waals surface area contributed by atoms with Gasteiger partial charge in [-0.3, -0.25) is 9.59 Å². The van der Waals surface area contributed by atoms with Gasteiger partial charge < -0.3 is 15.0 Å². The number of anilines is 2. The van der Waals surface area contributed by atoms with Crippen LogP contribution in [0.15, 0.2) is 42.5 Å². The summed E-state index contributed by atoms with van der Waals surface area (Å²) in [6, 6.07) is 13.9. The molecule has 0 aromatic heterocycles. The van der Waals surface area contributed by atoms with Crippen LogP contribution in [0.4, 0.5) is 11.4 Å². The summed E-state index contributed by atoms with van der Waals surface area (Å²) in [6.07, 6.45) is 2.23. The minimum Gasteiger partial charge on any atom is -0.373 e. The molecule has 2 aliphatic heterocycles. The predicted molar refractivity (Wildman–Crippen MR) is 105 cm³/mol. The Morgan fingerprint density at radius 1 is 1.15 bits per heavy atom. The highest BCUT2D eigenvalue weighted by atomic mass is 16.5. The van der Waals surface area contributed by atoms with Crippen LogP contribution in [0.5, 0.6) is 0 Å². The van der Waals surface area contributed by atoms with Crippen molar-refractivity contribution in [2.75, 3.05) is 23.4 Å². The van der Waals surface area contributed by atoms with Crippen LogP contribution in [0.2, 0.25) is 0 Å². The van der Waals surface area contributed by atoms with Gasteiger partial charge in [0, 0.05) is 24.3 Å². The quantitative estimate of drug-likeness (QED) is 0.901. The van der Waals surface area contributed by atoms with Gasteiger partial charge in [-0.05, 0) is 54.7 Å². The zero-order valence-electron chi connectivity index (χ0n) is 15.5. The van der Waals surface area contributed by atoms with Crippen molar-refractivity contribution < 1.29 is 14.3 Å². The van der Waals surface area contributed by atoms with Gasteiger partial charge >= 0.3 is 0 Å². The molecule has 5 nitrogen and oxygen atoms in total. The largest absolute Gasteiger partial charge is 0.373 e. The Bertz CT molecular complexity index is 878. The van der Waals surface area contributed by atoms with Crippen LogP contribution in [-0.4, -0.2) is 25.0 Å². The number of amides is 2. The van der Waals surface area contributed by atoms with Crippen molar-refractivity contribution in [2.45, 2.75) is 38.7 Å². The van der Waals surface area contributed by atoms with E-state index in [2.05, 4.69) is 11.4 Å². The molecule has 2 aliphatic rings. The molecule has 2 amide bonds. The molecule has 1 N–H and O–H groups in total. The van der Waals surface area contributed by atoms with Crippen LogP contribution in [0.3, 0.4) is 0 Å². The van der Waals surface area contributed by atoms with E-state index >= 15 is 0 Å². The van der Waals surface area contributed by atoms with Crippen LogP contribution < -0.4 is 10.2 Å². The zero-order valence-corrected chi connectivity index (χ0v) is 15.5. The maximum atomic E-state index is 12.6. The van der Waals surface area contributed by atoms with E-state index in [1.54, 1.807) is 4.90 Å². The van der Waals surface area contributed by atoms with Crippen LogP contribution in [0.1, 0.15) is 42.6 Å². The van der Waals surface area contributed by atoms with E-state index in [4.69, 9.17) is 4.74 Å². The van der Waals surface area contributed by atoms with Gasteiger partial charge in [-0.2, -0.15) is 0 Å². The Morgan fingerprint density at radius 3 is 2.85 bits per heavy atom. The Morgan fingerprint density at radius 2 is 2.00 bits per heavy atom. The second-order valence-corrected chi connectivity index (χ2v) is 7.04. The minimum absolute atomic E-state index is 0.0594. The standard InChI is InChI=1S/C22H24N2O3/c1-2-24-19-9-8-17(13-16(19)7-10-22(24)26)23-21(25)14-20-18-6-4-3-5-15(18)11-12-27-20/h3-6,8-9,13,20H,2,7,10-12,14H2,1H3,(H,23,25). The van der Waals surface area contributed by atoms with Crippen molar-refractivity contribution in [3.05, 3.63) is 59.2 Å². The third-order valence-electron chi connectivity index (χ3n) is 5.34. The van der Waals surface area contributed by atoms with E-state index < -0.39 is 0 Å². The summed E-state index contributed by atoms with van der Waals surface area (Å²) in [6.45, 7) is 3.29. The van der Waals surface area contributed by atoms with Crippen molar-refractivity contribution in [3.63, 3.8) is 0 Å². The first-order chi connectivity index (χ1) is 13.2. The summed E-state index contributed by atoms with van der Waals surface area (Å²) in [7, 11) is 0. The average molecular weight is 364 g/mol. The second kappa shape index (κ2) is 7.53. The summed E-state index contributed by atoms with van der Waals surface area (Å²) in [5.74, 6) is 0.103. The van der Waals surface area contributed by atoms with E-state index in [-0.39, 0.29) is 17.9 Å². The number of fused-ring (bicyclic) bond motifs is 2. The first kappa shape index (κ1) is 17.7.